The Morgan fingerprint density at radius 3 is 2.54 bits per heavy atom. The number of carbonyl (C=O) groups excluding carboxylic acids is 2. The SMILES string of the molecule is C[C@@H]1C(=O)N(CCOc2ccc(-c3nc4c(OC5(C)CC5)ncnc4n3Cc3ccccc3)c(Cl)c2)CCN1C(=O)OC(C)(C)C. The number of ether oxygens (including phenoxy) is 3. The summed E-state index contributed by atoms with van der Waals surface area (Å²) in [6.45, 7) is 11.2. The highest BCUT2D eigenvalue weighted by Crippen LogP contribution is 2.41. The molecule has 0 radical (unpaired) electrons. The summed E-state index contributed by atoms with van der Waals surface area (Å²) in [6.07, 6.45) is 2.97. The molecule has 4 aromatic rings. The highest BCUT2D eigenvalue weighted by atomic mass is 35.5. The summed E-state index contributed by atoms with van der Waals surface area (Å²) in [7, 11) is 0. The highest BCUT2D eigenvalue weighted by molar-refractivity contribution is 6.33. The Morgan fingerprint density at radius 1 is 1.09 bits per heavy atom. The number of aromatic nitrogens is 4. The van der Waals surface area contributed by atoms with Crippen molar-refractivity contribution in [2.45, 2.75) is 71.2 Å². The lowest BCUT2D eigenvalue weighted by Gasteiger charge is -2.39. The van der Waals surface area contributed by atoms with E-state index in [-0.39, 0.29) is 18.1 Å². The third-order valence-corrected chi connectivity index (χ3v) is 8.48. The Bertz CT molecular complexity index is 1750. The van der Waals surface area contributed by atoms with Crippen molar-refractivity contribution >= 4 is 34.8 Å². The molecule has 1 atom stereocenters. The molecule has 0 unspecified atom stereocenters. The third kappa shape index (κ3) is 6.89. The average molecular weight is 647 g/mol. The van der Waals surface area contributed by atoms with Gasteiger partial charge in [0.15, 0.2) is 11.2 Å². The quantitative estimate of drug-likeness (QED) is 0.219. The largest absolute Gasteiger partial charge is 0.492 e. The lowest BCUT2D eigenvalue weighted by molar-refractivity contribution is -0.141. The first kappa shape index (κ1) is 31.6. The molecule has 2 fully saturated rings. The molecular weight excluding hydrogens is 608 g/mol. The Balaban J connectivity index is 1.17. The number of piperazine rings is 1. The summed E-state index contributed by atoms with van der Waals surface area (Å²) in [6, 6.07) is 15.0. The minimum absolute atomic E-state index is 0.145. The van der Waals surface area contributed by atoms with Crippen molar-refractivity contribution in [1.82, 2.24) is 29.3 Å². The van der Waals surface area contributed by atoms with Crippen molar-refractivity contribution in [2.75, 3.05) is 26.2 Å². The lowest BCUT2D eigenvalue weighted by Crippen LogP contribution is -2.58. The smallest absolute Gasteiger partial charge is 0.411 e. The van der Waals surface area contributed by atoms with Crippen LogP contribution in [0, 0.1) is 0 Å². The maximum Gasteiger partial charge on any atom is 0.411 e. The van der Waals surface area contributed by atoms with Crippen LogP contribution in [0.2, 0.25) is 5.02 Å². The van der Waals surface area contributed by atoms with Crippen LogP contribution in [-0.2, 0) is 16.1 Å². The van der Waals surface area contributed by atoms with E-state index >= 15 is 0 Å². The number of nitrogens with zero attached hydrogens (tertiary/aromatic N) is 6. The van der Waals surface area contributed by atoms with E-state index in [0.717, 1.165) is 18.4 Å². The van der Waals surface area contributed by atoms with Crippen LogP contribution in [0.3, 0.4) is 0 Å². The summed E-state index contributed by atoms with van der Waals surface area (Å²) >= 11 is 6.87. The van der Waals surface area contributed by atoms with Gasteiger partial charge in [-0.2, -0.15) is 4.98 Å². The molecule has 2 aromatic heterocycles. The van der Waals surface area contributed by atoms with E-state index in [4.69, 9.17) is 30.8 Å². The van der Waals surface area contributed by atoms with E-state index in [1.165, 1.54) is 11.2 Å². The van der Waals surface area contributed by atoms with Gasteiger partial charge < -0.3 is 23.7 Å². The van der Waals surface area contributed by atoms with Crippen LogP contribution in [0.25, 0.3) is 22.6 Å². The molecule has 1 aliphatic heterocycles. The van der Waals surface area contributed by atoms with Crippen molar-refractivity contribution in [3.63, 3.8) is 0 Å². The molecule has 0 bridgehead atoms. The second-order valence-corrected chi connectivity index (χ2v) is 13.5. The van der Waals surface area contributed by atoms with Gasteiger partial charge in [0.2, 0.25) is 11.8 Å². The van der Waals surface area contributed by atoms with Gasteiger partial charge in [-0.3, -0.25) is 9.69 Å². The predicted molar refractivity (Wildman–Crippen MR) is 174 cm³/mol. The summed E-state index contributed by atoms with van der Waals surface area (Å²) < 4.78 is 19.8. The van der Waals surface area contributed by atoms with Crippen LogP contribution in [-0.4, -0.2) is 84.8 Å². The number of imidazole rings is 1. The second-order valence-electron chi connectivity index (χ2n) is 13.1. The number of rotatable bonds is 9. The van der Waals surface area contributed by atoms with Gasteiger partial charge >= 0.3 is 6.09 Å². The first-order valence-corrected chi connectivity index (χ1v) is 15.9. The highest BCUT2D eigenvalue weighted by Gasteiger charge is 2.41. The molecule has 11 nitrogen and oxygen atoms in total. The average Bonchev–Trinajstić information content (AvgIpc) is 3.62. The van der Waals surface area contributed by atoms with Crippen LogP contribution in [0.15, 0.2) is 54.9 Å². The van der Waals surface area contributed by atoms with Crippen molar-refractivity contribution < 1.29 is 23.8 Å². The molecule has 12 heteroatoms. The molecule has 1 saturated heterocycles. The second kappa shape index (κ2) is 12.4. The van der Waals surface area contributed by atoms with E-state index in [1.54, 1.807) is 38.7 Å². The Morgan fingerprint density at radius 2 is 1.85 bits per heavy atom. The number of carbonyl (C=O) groups is 2. The van der Waals surface area contributed by atoms with Gasteiger partial charge in [-0.15, -0.1) is 0 Å². The lowest BCUT2D eigenvalue weighted by atomic mass is 10.1. The number of hydrogen-bond acceptors (Lipinski definition) is 8. The van der Waals surface area contributed by atoms with Gasteiger partial charge in [0.1, 0.15) is 41.8 Å². The predicted octanol–water partition coefficient (Wildman–Crippen LogP) is 5.97. The van der Waals surface area contributed by atoms with Crippen molar-refractivity contribution in [1.29, 1.82) is 0 Å². The fourth-order valence-corrected chi connectivity index (χ4v) is 5.64. The standard InChI is InChI=1S/C34H39ClN6O5/c1-22-31(42)39(15-16-40(22)32(43)46-33(2,3)4)17-18-44-24-11-12-25(26(35)19-24)28-38-27-29(41(28)20-23-9-7-6-8-10-23)36-21-37-30(27)45-34(5)13-14-34/h6-12,19,21-22H,13-18,20H2,1-5H3/t22-/m1/s1. The van der Waals surface area contributed by atoms with Crippen LogP contribution >= 0.6 is 11.6 Å². The molecule has 6 rings (SSSR count). The zero-order valence-corrected chi connectivity index (χ0v) is 27.6. The van der Waals surface area contributed by atoms with Gasteiger partial charge in [-0.05, 0) is 71.2 Å². The van der Waals surface area contributed by atoms with Gasteiger partial charge in [-0.1, -0.05) is 41.9 Å². The fourth-order valence-electron chi connectivity index (χ4n) is 5.39. The Labute approximate surface area is 273 Å². The molecule has 2 aliphatic rings. The van der Waals surface area contributed by atoms with Gasteiger partial charge in [0.05, 0.1) is 18.1 Å². The minimum atomic E-state index is -0.629. The van der Waals surface area contributed by atoms with E-state index in [2.05, 4.69) is 29.0 Å². The van der Waals surface area contributed by atoms with Crippen LogP contribution in [0.4, 0.5) is 4.79 Å². The molecule has 46 heavy (non-hydrogen) atoms. The molecule has 0 N–H and O–H groups in total. The monoisotopic (exact) mass is 646 g/mol. The topological polar surface area (TPSA) is 112 Å². The van der Waals surface area contributed by atoms with Crippen LogP contribution in [0.5, 0.6) is 11.6 Å². The maximum absolute atomic E-state index is 13.0. The Hall–Kier alpha value is -4.38. The molecule has 1 saturated carbocycles. The number of fused-ring (bicyclic) bond motifs is 1. The summed E-state index contributed by atoms with van der Waals surface area (Å²) in [5.41, 5.74) is 2.20. The van der Waals surface area contributed by atoms with Gasteiger partial charge in [0.25, 0.3) is 0 Å². The molecule has 2 aromatic carbocycles. The number of amides is 2. The zero-order valence-electron chi connectivity index (χ0n) is 26.8. The van der Waals surface area contributed by atoms with Crippen molar-refractivity contribution in [2.24, 2.45) is 0 Å². The summed E-state index contributed by atoms with van der Waals surface area (Å²) in [5.74, 6) is 1.53. The van der Waals surface area contributed by atoms with Gasteiger partial charge in [0, 0.05) is 18.7 Å². The fraction of sp³-hybridized carbons (Fsp3) is 0.441. The molecule has 1 aliphatic carbocycles. The minimum Gasteiger partial charge on any atom is -0.492 e. The van der Waals surface area contributed by atoms with Crippen LogP contribution in [0.1, 0.15) is 53.0 Å². The number of hydrogen-bond donors (Lipinski definition) is 0. The van der Waals surface area contributed by atoms with E-state index in [9.17, 15) is 9.59 Å². The molecule has 0 spiro atoms. The van der Waals surface area contributed by atoms with Crippen LogP contribution < -0.4 is 9.47 Å². The third-order valence-electron chi connectivity index (χ3n) is 8.17. The molecule has 3 heterocycles. The number of halogens is 1. The summed E-state index contributed by atoms with van der Waals surface area (Å²) in [4.78, 5) is 42.7. The van der Waals surface area contributed by atoms with Gasteiger partial charge in [-0.25, -0.2) is 14.8 Å². The van der Waals surface area contributed by atoms with E-state index < -0.39 is 17.7 Å². The number of benzene rings is 2. The first-order valence-electron chi connectivity index (χ1n) is 15.6. The molecule has 242 valence electrons. The zero-order chi connectivity index (χ0) is 32.6. The normalized spacial score (nSPS) is 17.7. The first-order chi connectivity index (χ1) is 21.9. The molecular formula is C34H39ClN6O5. The van der Waals surface area contributed by atoms with E-state index in [0.29, 0.717) is 65.4 Å². The maximum atomic E-state index is 13.0. The van der Waals surface area contributed by atoms with E-state index in [1.807, 2.05) is 34.9 Å². The Kier molecular flexibility index (Phi) is 8.54. The van der Waals surface area contributed by atoms with Crippen molar-refractivity contribution in [3.8, 4) is 23.0 Å². The molecule has 2 amide bonds. The summed E-state index contributed by atoms with van der Waals surface area (Å²) in [5, 5.41) is 0.461. The van der Waals surface area contributed by atoms with Crippen molar-refractivity contribution in [3.05, 3.63) is 65.4 Å².